The van der Waals surface area contributed by atoms with Gasteiger partial charge in [-0.2, -0.15) is 0 Å². The van der Waals surface area contributed by atoms with E-state index in [1.54, 1.807) is 0 Å². The number of rotatable bonds is 1. The van der Waals surface area contributed by atoms with E-state index in [-0.39, 0.29) is 5.56 Å². The first-order valence-corrected chi connectivity index (χ1v) is 6.27. The van der Waals surface area contributed by atoms with Gasteiger partial charge in [-0.05, 0) is 25.3 Å². The van der Waals surface area contributed by atoms with Crippen LogP contribution in [0.1, 0.15) is 30.9 Å². The summed E-state index contributed by atoms with van der Waals surface area (Å²) in [5, 5.41) is 0.983. The molecule has 1 heterocycles. The van der Waals surface area contributed by atoms with Crippen molar-refractivity contribution in [2.75, 3.05) is 0 Å². The van der Waals surface area contributed by atoms with Crippen LogP contribution in [0.3, 0.4) is 0 Å². The van der Waals surface area contributed by atoms with E-state index >= 15 is 0 Å². The van der Waals surface area contributed by atoms with Crippen molar-refractivity contribution in [2.24, 2.45) is 0 Å². The Bertz CT molecular complexity index is 664. The maximum absolute atomic E-state index is 11.5. The first kappa shape index (κ1) is 11.1. The third-order valence-corrected chi connectivity index (χ3v) is 3.33. The minimum absolute atomic E-state index is 0.280. The fourth-order valence-electron chi connectivity index (χ4n) is 2.47. The van der Waals surface area contributed by atoms with Crippen LogP contribution in [0, 0.1) is 0 Å². The monoisotopic (exact) mass is 238 g/mol. The van der Waals surface area contributed by atoms with E-state index in [2.05, 4.69) is 22.1 Å². The molecule has 0 spiro atoms. The van der Waals surface area contributed by atoms with Crippen molar-refractivity contribution < 1.29 is 0 Å². The summed E-state index contributed by atoms with van der Waals surface area (Å²) in [5.41, 5.74) is 1.42. The first-order valence-electron chi connectivity index (χ1n) is 6.27. The Morgan fingerprint density at radius 3 is 2.94 bits per heavy atom. The quantitative estimate of drug-likeness (QED) is 0.717. The molecule has 0 saturated heterocycles. The molecule has 1 aliphatic carbocycles. The largest absolute Gasteiger partial charge is 0.288 e. The number of fused-ring (bicyclic) bond motifs is 1. The van der Waals surface area contributed by atoms with Crippen molar-refractivity contribution in [1.29, 1.82) is 0 Å². The predicted molar refractivity (Wildman–Crippen MR) is 71.5 cm³/mol. The summed E-state index contributed by atoms with van der Waals surface area (Å²) in [4.78, 5) is 19.9. The molecule has 0 fully saturated rings. The molecular weight excluding hydrogens is 224 g/mol. The summed E-state index contributed by atoms with van der Waals surface area (Å²) in [5.74, 6) is 0.303. The average molecular weight is 238 g/mol. The first-order chi connectivity index (χ1) is 8.84. The highest BCUT2D eigenvalue weighted by molar-refractivity contribution is 5.80. The summed E-state index contributed by atoms with van der Waals surface area (Å²) in [6.07, 6.45) is 9.13. The molecule has 3 rings (SSSR count). The van der Waals surface area contributed by atoms with Crippen LogP contribution in [0.5, 0.6) is 0 Å². The number of aromatic nitrogens is 2. The van der Waals surface area contributed by atoms with E-state index in [4.69, 9.17) is 0 Å². The third-order valence-electron chi connectivity index (χ3n) is 3.33. The van der Waals surface area contributed by atoms with Gasteiger partial charge in [-0.1, -0.05) is 30.4 Å². The van der Waals surface area contributed by atoms with Gasteiger partial charge in [0.2, 0.25) is 0 Å². The van der Waals surface area contributed by atoms with E-state index in [0.29, 0.717) is 5.92 Å². The van der Waals surface area contributed by atoms with Crippen LogP contribution < -0.4 is 5.56 Å². The lowest BCUT2D eigenvalue weighted by Crippen LogP contribution is -2.02. The van der Waals surface area contributed by atoms with Crippen molar-refractivity contribution in [3.63, 3.8) is 0 Å². The van der Waals surface area contributed by atoms with E-state index in [9.17, 15) is 4.79 Å². The highest BCUT2D eigenvalue weighted by Gasteiger charge is 2.15. The van der Waals surface area contributed by atoms with E-state index in [0.717, 1.165) is 29.4 Å². The minimum Gasteiger partial charge on any atom is -0.266 e. The third kappa shape index (κ3) is 2.04. The Hall–Kier alpha value is -2.03. The molecule has 1 aromatic heterocycles. The summed E-state index contributed by atoms with van der Waals surface area (Å²) in [6, 6.07) is 7.72. The second-order valence-corrected chi connectivity index (χ2v) is 4.58. The highest BCUT2D eigenvalue weighted by atomic mass is 16.1. The van der Waals surface area contributed by atoms with Crippen molar-refractivity contribution in [2.45, 2.75) is 25.2 Å². The van der Waals surface area contributed by atoms with Gasteiger partial charge in [0.25, 0.3) is 5.56 Å². The zero-order valence-corrected chi connectivity index (χ0v) is 10.0. The average Bonchev–Trinajstić information content (AvgIpc) is 2.58. The van der Waals surface area contributed by atoms with E-state index in [1.165, 1.54) is 12.6 Å². The van der Waals surface area contributed by atoms with Crippen LogP contribution >= 0.6 is 0 Å². The van der Waals surface area contributed by atoms with Crippen LogP contribution in [0.4, 0.5) is 0 Å². The van der Waals surface area contributed by atoms with Crippen LogP contribution in [-0.2, 0) is 0 Å². The Morgan fingerprint density at radius 1 is 1.22 bits per heavy atom. The smallest absolute Gasteiger partial charge is 0.266 e. The topological polar surface area (TPSA) is 42.9 Å². The standard InChI is InChI=1S/C15H14N2O/c18-14-10-16-15(11-6-2-1-3-7-11)12-8-4-5-9-13(12)17-14/h2,4-6,8-11H,1,3,7H2/t11-/m0/s1. The second-order valence-electron chi connectivity index (χ2n) is 4.58. The number of allylic oxidation sites excluding steroid dienone is 2. The Morgan fingerprint density at radius 2 is 2.11 bits per heavy atom. The Kier molecular flexibility index (Phi) is 2.89. The molecule has 2 aromatic rings. The summed E-state index contributed by atoms with van der Waals surface area (Å²) in [7, 11) is 0. The van der Waals surface area contributed by atoms with Crippen molar-refractivity contribution in [3.8, 4) is 0 Å². The molecule has 1 aromatic carbocycles. The molecule has 0 unspecified atom stereocenters. The highest BCUT2D eigenvalue weighted by Crippen LogP contribution is 2.29. The SMILES string of the molecule is O=c1cnc([C@H]2C=CCCC2)c2ccccc2n1. The van der Waals surface area contributed by atoms with Crippen molar-refractivity contribution >= 4 is 10.9 Å². The molecule has 1 aliphatic rings. The van der Waals surface area contributed by atoms with Gasteiger partial charge in [0.05, 0.1) is 17.4 Å². The fourth-order valence-corrected chi connectivity index (χ4v) is 2.47. The molecule has 0 amide bonds. The molecule has 0 radical (unpaired) electrons. The van der Waals surface area contributed by atoms with Gasteiger partial charge >= 0.3 is 0 Å². The normalized spacial score (nSPS) is 19.0. The van der Waals surface area contributed by atoms with Gasteiger partial charge < -0.3 is 0 Å². The van der Waals surface area contributed by atoms with Gasteiger partial charge in [0.1, 0.15) is 0 Å². The summed E-state index contributed by atoms with van der Waals surface area (Å²) >= 11 is 0. The van der Waals surface area contributed by atoms with Gasteiger partial charge in [-0.15, -0.1) is 0 Å². The number of nitrogens with zero attached hydrogens (tertiary/aromatic N) is 2. The van der Waals surface area contributed by atoms with Gasteiger partial charge in [-0.25, -0.2) is 4.98 Å². The molecule has 0 saturated carbocycles. The predicted octanol–water partition coefficient (Wildman–Crippen LogP) is 2.81. The zero-order chi connectivity index (χ0) is 12.4. The Balaban J connectivity index is 2.28. The summed E-state index contributed by atoms with van der Waals surface area (Å²) in [6.45, 7) is 0. The number of hydrogen-bond acceptors (Lipinski definition) is 3. The van der Waals surface area contributed by atoms with Crippen LogP contribution in [-0.4, -0.2) is 9.97 Å². The van der Waals surface area contributed by atoms with E-state index in [1.807, 2.05) is 24.3 Å². The van der Waals surface area contributed by atoms with Gasteiger partial charge in [0.15, 0.2) is 0 Å². The minimum atomic E-state index is -0.280. The molecule has 0 bridgehead atoms. The molecule has 0 aliphatic heterocycles. The summed E-state index contributed by atoms with van der Waals surface area (Å²) < 4.78 is 0. The zero-order valence-electron chi connectivity index (χ0n) is 10.0. The van der Waals surface area contributed by atoms with E-state index < -0.39 is 0 Å². The van der Waals surface area contributed by atoms with Crippen molar-refractivity contribution in [1.82, 2.24) is 9.97 Å². The van der Waals surface area contributed by atoms with Gasteiger partial charge in [-0.3, -0.25) is 9.78 Å². The second kappa shape index (κ2) is 4.69. The van der Waals surface area contributed by atoms with Crippen LogP contribution in [0.2, 0.25) is 0 Å². The van der Waals surface area contributed by atoms with Crippen molar-refractivity contribution in [3.05, 3.63) is 58.7 Å². The fraction of sp³-hybridized carbons (Fsp3) is 0.267. The molecule has 90 valence electrons. The van der Waals surface area contributed by atoms with Gasteiger partial charge in [0, 0.05) is 11.3 Å². The molecule has 0 N–H and O–H groups in total. The Labute approximate surface area is 105 Å². The molecular formula is C15H14N2O. The molecule has 1 atom stereocenters. The lowest BCUT2D eigenvalue weighted by molar-refractivity contribution is 0.646. The number of para-hydroxylation sites is 1. The number of hydrogen-bond donors (Lipinski definition) is 0. The van der Waals surface area contributed by atoms with Crippen LogP contribution in [0.25, 0.3) is 10.9 Å². The lowest BCUT2D eigenvalue weighted by atomic mass is 9.91. The molecule has 3 nitrogen and oxygen atoms in total. The lowest BCUT2D eigenvalue weighted by Gasteiger charge is -2.15. The number of benzene rings is 1. The molecule has 3 heteroatoms. The molecule has 18 heavy (non-hydrogen) atoms. The maximum Gasteiger partial charge on any atom is 0.288 e. The van der Waals surface area contributed by atoms with Crippen LogP contribution in [0.15, 0.2) is 47.4 Å². The maximum atomic E-state index is 11.5.